The van der Waals surface area contributed by atoms with Crippen LogP contribution in [0.15, 0.2) is 83.9 Å². The number of hydrogen-bond donors (Lipinski definition) is 2. The molecule has 2 N–H and O–H groups in total. The van der Waals surface area contributed by atoms with E-state index < -0.39 is 21.0 Å². The van der Waals surface area contributed by atoms with E-state index in [1.807, 2.05) is 55.5 Å². The summed E-state index contributed by atoms with van der Waals surface area (Å²) < 4.78 is 29.1. The van der Waals surface area contributed by atoms with E-state index in [1.165, 1.54) is 24.3 Å². The average molecular weight is 421 g/mol. The van der Waals surface area contributed by atoms with Gasteiger partial charge in [-0.3, -0.25) is 10.1 Å². The Bertz CT molecular complexity index is 1330. The molecule has 152 valence electrons. The molecule has 0 saturated carbocycles. The van der Waals surface area contributed by atoms with Gasteiger partial charge in [-0.05, 0) is 41.8 Å². The van der Waals surface area contributed by atoms with E-state index in [0.29, 0.717) is 0 Å². The van der Waals surface area contributed by atoms with Crippen LogP contribution >= 0.6 is 0 Å². The van der Waals surface area contributed by atoms with Gasteiger partial charge in [-0.15, -0.1) is 0 Å². The highest BCUT2D eigenvalue weighted by molar-refractivity contribution is 7.89. The van der Waals surface area contributed by atoms with Gasteiger partial charge in [0.2, 0.25) is 10.0 Å². The average Bonchev–Trinajstić information content (AvgIpc) is 3.17. The van der Waals surface area contributed by atoms with Crippen molar-refractivity contribution in [1.29, 1.82) is 0 Å². The molecule has 1 heterocycles. The van der Waals surface area contributed by atoms with E-state index in [-0.39, 0.29) is 10.6 Å². The van der Waals surface area contributed by atoms with Crippen LogP contribution in [0.4, 0.5) is 5.69 Å². The lowest BCUT2D eigenvalue weighted by Gasteiger charge is -2.21. The number of H-pyrrole nitrogens is 1. The minimum atomic E-state index is -3.95. The molecule has 0 aliphatic carbocycles. The number of rotatable bonds is 6. The van der Waals surface area contributed by atoms with E-state index in [9.17, 15) is 18.5 Å². The summed E-state index contributed by atoms with van der Waals surface area (Å²) in [4.78, 5) is 13.5. The lowest BCUT2D eigenvalue weighted by Crippen LogP contribution is -2.29. The quantitative estimate of drug-likeness (QED) is 0.354. The van der Waals surface area contributed by atoms with Crippen molar-refractivity contribution in [2.45, 2.75) is 17.9 Å². The summed E-state index contributed by atoms with van der Waals surface area (Å²) in [5, 5.41) is 11.8. The molecule has 8 heteroatoms. The molecule has 4 aromatic rings. The third-order valence-corrected chi connectivity index (χ3v) is 6.50. The fourth-order valence-electron chi connectivity index (χ4n) is 3.51. The summed E-state index contributed by atoms with van der Waals surface area (Å²) >= 11 is 0. The molecule has 0 spiro atoms. The van der Waals surface area contributed by atoms with E-state index in [2.05, 4.69) is 9.71 Å². The number of fused-ring (bicyclic) bond motifs is 1. The Hall–Kier alpha value is -3.49. The molecule has 0 aliphatic rings. The summed E-state index contributed by atoms with van der Waals surface area (Å²) in [5.41, 5.74) is 3.30. The topological polar surface area (TPSA) is 105 Å². The number of nitro groups is 1. The van der Waals surface area contributed by atoms with Gasteiger partial charge >= 0.3 is 0 Å². The molecule has 0 unspecified atom stereocenters. The first kappa shape index (κ1) is 19.8. The van der Waals surface area contributed by atoms with Crippen molar-refractivity contribution in [2.24, 2.45) is 0 Å². The van der Waals surface area contributed by atoms with E-state index in [4.69, 9.17) is 0 Å². The first-order valence-electron chi connectivity index (χ1n) is 9.25. The Balaban J connectivity index is 1.80. The first-order chi connectivity index (χ1) is 14.4. The Kier molecular flexibility index (Phi) is 5.11. The predicted molar refractivity (Wildman–Crippen MR) is 115 cm³/mol. The van der Waals surface area contributed by atoms with E-state index in [0.717, 1.165) is 27.6 Å². The SMILES string of the molecule is Cc1ccccc1[C@@H](NS(=O)(=O)c1ccc([N+](=O)[O-])cc1)c1c[nH]c2ccccc12. The lowest BCUT2D eigenvalue weighted by atomic mass is 9.95. The standard InChI is InChI=1S/C22H19N3O4S/c1-15-6-2-3-7-18(15)22(20-14-23-21-9-5-4-8-19(20)21)24-30(28,29)17-12-10-16(11-13-17)25(26)27/h2-14,22-24H,1H3/t22-/m1/s1. The molecule has 0 aliphatic heterocycles. The van der Waals surface area contributed by atoms with Gasteiger partial charge in [0.1, 0.15) is 0 Å². The van der Waals surface area contributed by atoms with Gasteiger partial charge in [0, 0.05) is 29.2 Å². The van der Waals surface area contributed by atoms with Crippen LogP contribution in [0.1, 0.15) is 22.7 Å². The van der Waals surface area contributed by atoms with Gasteiger partial charge < -0.3 is 4.98 Å². The second-order valence-corrected chi connectivity index (χ2v) is 8.67. The smallest absolute Gasteiger partial charge is 0.269 e. The normalized spacial score (nSPS) is 12.7. The summed E-state index contributed by atoms with van der Waals surface area (Å²) in [5.74, 6) is 0. The van der Waals surface area contributed by atoms with Gasteiger partial charge in [-0.2, -0.15) is 4.72 Å². The summed E-state index contributed by atoms with van der Waals surface area (Å²) in [7, 11) is -3.95. The monoisotopic (exact) mass is 421 g/mol. The zero-order chi connectivity index (χ0) is 21.3. The third-order valence-electron chi connectivity index (χ3n) is 5.06. The van der Waals surface area contributed by atoms with Crippen LogP contribution in [0, 0.1) is 17.0 Å². The lowest BCUT2D eigenvalue weighted by molar-refractivity contribution is -0.384. The molecule has 7 nitrogen and oxygen atoms in total. The minimum absolute atomic E-state index is 0.0356. The number of sulfonamides is 1. The highest BCUT2D eigenvalue weighted by Crippen LogP contribution is 2.32. The van der Waals surface area contributed by atoms with Crippen molar-refractivity contribution in [3.05, 3.63) is 106 Å². The Labute approximate surface area is 173 Å². The molecule has 1 aromatic heterocycles. The van der Waals surface area contributed by atoms with Gasteiger partial charge in [0.05, 0.1) is 15.9 Å². The molecule has 3 aromatic carbocycles. The number of nitrogens with zero attached hydrogens (tertiary/aromatic N) is 1. The molecule has 0 saturated heterocycles. The van der Waals surface area contributed by atoms with Crippen molar-refractivity contribution in [3.8, 4) is 0 Å². The highest BCUT2D eigenvalue weighted by Gasteiger charge is 2.26. The van der Waals surface area contributed by atoms with Crippen LogP contribution in [-0.4, -0.2) is 18.3 Å². The van der Waals surface area contributed by atoms with Gasteiger partial charge in [0.15, 0.2) is 0 Å². The fraction of sp³-hybridized carbons (Fsp3) is 0.0909. The number of hydrogen-bond acceptors (Lipinski definition) is 4. The van der Waals surface area contributed by atoms with Crippen LogP contribution < -0.4 is 4.72 Å². The third kappa shape index (κ3) is 3.70. The largest absolute Gasteiger partial charge is 0.361 e. The van der Waals surface area contributed by atoms with Crippen LogP contribution in [0.5, 0.6) is 0 Å². The van der Waals surface area contributed by atoms with Crippen LogP contribution in [0.2, 0.25) is 0 Å². The van der Waals surface area contributed by atoms with Crippen molar-refractivity contribution in [1.82, 2.24) is 9.71 Å². The number of nitrogens with one attached hydrogen (secondary N) is 2. The molecule has 4 rings (SSSR count). The highest BCUT2D eigenvalue weighted by atomic mass is 32.2. The van der Waals surface area contributed by atoms with Crippen molar-refractivity contribution in [2.75, 3.05) is 0 Å². The minimum Gasteiger partial charge on any atom is -0.361 e. The van der Waals surface area contributed by atoms with Crippen molar-refractivity contribution < 1.29 is 13.3 Å². The number of para-hydroxylation sites is 1. The second kappa shape index (κ2) is 7.74. The molecule has 1 atom stereocenters. The maximum absolute atomic E-state index is 13.1. The van der Waals surface area contributed by atoms with E-state index in [1.54, 1.807) is 6.20 Å². The Morgan fingerprint density at radius 1 is 0.933 bits per heavy atom. The van der Waals surface area contributed by atoms with Gasteiger partial charge in [-0.1, -0.05) is 42.5 Å². The zero-order valence-corrected chi connectivity index (χ0v) is 16.9. The first-order valence-corrected chi connectivity index (χ1v) is 10.7. The van der Waals surface area contributed by atoms with Gasteiger partial charge in [0.25, 0.3) is 5.69 Å². The maximum atomic E-state index is 13.1. The molecule has 0 radical (unpaired) electrons. The molecule has 0 bridgehead atoms. The molecular weight excluding hydrogens is 402 g/mol. The maximum Gasteiger partial charge on any atom is 0.269 e. The second-order valence-electron chi connectivity index (χ2n) is 6.95. The Morgan fingerprint density at radius 2 is 1.60 bits per heavy atom. The number of non-ortho nitro benzene ring substituents is 1. The summed E-state index contributed by atoms with van der Waals surface area (Å²) in [6, 6.07) is 19.5. The zero-order valence-electron chi connectivity index (χ0n) is 16.1. The van der Waals surface area contributed by atoms with Gasteiger partial charge in [-0.25, -0.2) is 8.42 Å². The van der Waals surface area contributed by atoms with Crippen LogP contribution in [-0.2, 0) is 10.0 Å². The van der Waals surface area contributed by atoms with E-state index >= 15 is 0 Å². The molecular formula is C22H19N3O4S. The number of benzene rings is 3. The number of nitro benzene ring substituents is 1. The van der Waals surface area contributed by atoms with Crippen LogP contribution in [0.25, 0.3) is 10.9 Å². The molecule has 30 heavy (non-hydrogen) atoms. The predicted octanol–water partition coefficient (Wildman–Crippen LogP) is 4.45. The van der Waals surface area contributed by atoms with Crippen LogP contribution in [0.3, 0.4) is 0 Å². The van der Waals surface area contributed by atoms with Crippen molar-refractivity contribution in [3.63, 3.8) is 0 Å². The summed E-state index contributed by atoms with van der Waals surface area (Å²) in [6.45, 7) is 1.93. The number of aryl methyl sites for hydroxylation is 1. The Morgan fingerprint density at radius 3 is 2.30 bits per heavy atom. The fourth-order valence-corrected chi connectivity index (χ4v) is 4.70. The molecule has 0 fully saturated rings. The van der Waals surface area contributed by atoms with Crippen molar-refractivity contribution >= 4 is 26.6 Å². The summed E-state index contributed by atoms with van der Waals surface area (Å²) in [6.07, 6.45) is 1.81. The molecule has 0 amide bonds. The number of aromatic nitrogens is 1. The number of aromatic amines is 1.